The van der Waals surface area contributed by atoms with Crippen molar-refractivity contribution < 1.29 is 0 Å². The van der Waals surface area contributed by atoms with Gasteiger partial charge in [0.1, 0.15) is 0 Å². The van der Waals surface area contributed by atoms with E-state index in [1.54, 1.807) is 5.57 Å². The first-order valence-electron chi connectivity index (χ1n) is 8.09. The van der Waals surface area contributed by atoms with Crippen molar-refractivity contribution in [2.75, 3.05) is 12.3 Å². The van der Waals surface area contributed by atoms with Gasteiger partial charge in [-0.15, -0.1) is 0 Å². The third-order valence-corrected chi connectivity index (χ3v) is 4.96. The molecule has 0 saturated carbocycles. The van der Waals surface area contributed by atoms with Crippen molar-refractivity contribution in [1.29, 1.82) is 0 Å². The molecule has 1 N–H and O–H groups in total. The highest BCUT2D eigenvalue weighted by molar-refractivity contribution is 8.00. The minimum Gasteiger partial charge on any atom is -0.310 e. The number of rotatable bonds is 6. The Morgan fingerprint density at radius 1 is 1.21 bits per heavy atom. The zero-order valence-electron chi connectivity index (χ0n) is 13.4. The van der Waals surface area contributed by atoms with Crippen LogP contribution in [0.15, 0.2) is 11.6 Å². The summed E-state index contributed by atoms with van der Waals surface area (Å²) in [5, 5.41) is 3.77. The summed E-state index contributed by atoms with van der Waals surface area (Å²) in [5.41, 5.74) is 1.69. The van der Waals surface area contributed by atoms with Crippen LogP contribution in [0.1, 0.15) is 72.6 Å². The molecule has 0 aromatic heterocycles. The third kappa shape index (κ3) is 8.04. The van der Waals surface area contributed by atoms with Gasteiger partial charge in [0.15, 0.2) is 0 Å². The highest BCUT2D eigenvalue weighted by atomic mass is 32.2. The molecule has 0 aliphatic heterocycles. The lowest BCUT2D eigenvalue weighted by Crippen LogP contribution is -2.35. The number of hydrogen-bond acceptors (Lipinski definition) is 2. The molecule has 1 aliphatic carbocycles. The summed E-state index contributed by atoms with van der Waals surface area (Å²) in [6.07, 6.45) is 12.0. The lowest BCUT2D eigenvalue weighted by atomic mass is 9.95. The van der Waals surface area contributed by atoms with Gasteiger partial charge in [-0.05, 0) is 38.6 Å². The van der Waals surface area contributed by atoms with E-state index in [4.69, 9.17) is 0 Å². The van der Waals surface area contributed by atoms with Gasteiger partial charge in [-0.2, -0.15) is 11.8 Å². The molecule has 0 aromatic carbocycles. The lowest BCUT2D eigenvalue weighted by Gasteiger charge is -2.27. The maximum absolute atomic E-state index is 3.77. The summed E-state index contributed by atoms with van der Waals surface area (Å²) in [4.78, 5) is 0. The number of hydrogen-bond donors (Lipinski definition) is 1. The number of nitrogens with one attached hydrogen (secondary N) is 1. The predicted molar refractivity (Wildman–Crippen MR) is 90.1 cm³/mol. The smallest absolute Gasteiger partial charge is 0.0371 e. The van der Waals surface area contributed by atoms with Crippen molar-refractivity contribution in [3.8, 4) is 0 Å². The third-order valence-electron chi connectivity index (χ3n) is 3.60. The monoisotopic (exact) mass is 283 g/mol. The van der Waals surface area contributed by atoms with E-state index in [0.717, 1.165) is 6.54 Å². The Labute approximate surface area is 125 Å². The Balaban J connectivity index is 2.59. The van der Waals surface area contributed by atoms with Crippen LogP contribution < -0.4 is 5.32 Å². The Morgan fingerprint density at radius 3 is 2.63 bits per heavy atom. The van der Waals surface area contributed by atoms with Gasteiger partial charge in [-0.25, -0.2) is 0 Å². The number of allylic oxidation sites excluding steroid dienone is 1. The fourth-order valence-corrected chi connectivity index (χ4v) is 3.48. The molecule has 0 bridgehead atoms. The second-order valence-electron chi connectivity index (χ2n) is 6.66. The molecule has 1 unspecified atom stereocenters. The van der Waals surface area contributed by atoms with E-state index in [2.05, 4.69) is 50.8 Å². The van der Waals surface area contributed by atoms with Crippen LogP contribution in [0.4, 0.5) is 0 Å². The fourth-order valence-electron chi connectivity index (χ4n) is 2.48. The topological polar surface area (TPSA) is 12.0 Å². The van der Waals surface area contributed by atoms with E-state index in [-0.39, 0.29) is 0 Å². The highest BCUT2D eigenvalue weighted by Gasteiger charge is 2.18. The molecule has 0 heterocycles. The molecule has 0 radical (unpaired) electrons. The normalized spacial score (nSPS) is 19.5. The van der Waals surface area contributed by atoms with Gasteiger partial charge >= 0.3 is 0 Å². The van der Waals surface area contributed by atoms with Gasteiger partial charge in [-0.3, -0.25) is 0 Å². The van der Waals surface area contributed by atoms with E-state index in [9.17, 15) is 0 Å². The Kier molecular flexibility index (Phi) is 8.17. The maximum atomic E-state index is 3.77. The molecule has 112 valence electrons. The first-order valence-corrected chi connectivity index (χ1v) is 9.08. The van der Waals surface area contributed by atoms with E-state index in [0.29, 0.717) is 10.8 Å². The summed E-state index contributed by atoms with van der Waals surface area (Å²) >= 11 is 2.09. The summed E-state index contributed by atoms with van der Waals surface area (Å²) in [7, 11) is 0. The van der Waals surface area contributed by atoms with Crippen LogP contribution in [-0.2, 0) is 0 Å². The molecule has 0 spiro atoms. The van der Waals surface area contributed by atoms with Gasteiger partial charge in [0.2, 0.25) is 0 Å². The van der Waals surface area contributed by atoms with E-state index >= 15 is 0 Å². The molecule has 1 atom stereocenters. The van der Waals surface area contributed by atoms with Crippen molar-refractivity contribution in [2.24, 2.45) is 0 Å². The zero-order chi connectivity index (χ0) is 14.1. The standard InChI is InChI=1S/C17H33NS/c1-5-13-18-16(14-19-17(2,3)4)15-11-9-7-6-8-10-12-15/h11,16,18H,5-10,12-14H2,1-4H3. The predicted octanol–water partition coefficient (Wildman–Crippen LogP) is 5.17. The lowest BCUT2D eigenvalue weighted by molar-refractivity contribution is 0.552. The molecule has 0 fully saturated rings. The van der Waals surface area contributed by atoms with Gasteiger partial charge in [-0.1, -0.05) is 52.2 Å². The molecule has 0 aromatic rings. The van der Waals surface area contributed by atoms with Gasteiger partial charge in [0.25, 0.3) is 0 Å². The average molecular weight is 284 g/mol. The summed E-state index contributed by atoms with van der Waals surface area (Å²) in [6.45, 7) is 10.4. The SMILES string of the molecule is CCCNC(CSC(C)(C)C)C1=CCCCCCC1. The molecule has 1 rings (SSSR count). The first kappa shape index (κ1) is 17.1. The summed E-state index contributed by atoms with van der Waals surface area (Å²) < 4.78 is 0.369. The molecule has 0 amide bonds. The van der Waals surface area contributed by atoms with E-state index in [1.165, 1.54) is 50.7 Å². The largest absolute Gasteiger partial charge is 0.310 e. The zero-order valence-corrected chi connectivity index (χ0v) is 14.2. The Hall–Kier alpha value is 0.0500. The van der Waals surface area contributed by atoms with Crippen LogP contribution in [0, 0.1) is 0 Å². The van der Waals surface area contributed by atoms with Crippen molar-refractivity contribution in [3.05, 3.63) is 11.6 Å². The van der Waals surface area contributed by atoms with Gasteiger partial charge in [0, 0.05) is 16.5 Å². The van der Waals surface area contributed by atoms with Crippen LogP contribution in [0.2, 0.25) is 0 Å². The molecular formula is C17H33NS. The molecule has 0 saturated heterocycles. The minimum absolute atomic E-state index is 0.369. The van der Waals surface area contributed by atoms with Crippen LogP contribution in [0.3, 0.4) is 0 Å². The Bertz CT molecular complexity index is 265. The summed E-state index contributed by atoms with van der Waals surface area (Å²) in [6, 6.07) is 0.599. The van der Waals surface area contributed by atoms with Crippen LogP contribution in [0.5, 0.6) is 0 Å². The quantitative estimate of drug-likeness (QED) is 0.675. The van der Waals surface area contributed by atoms with E-state index < -0.39 is 0 Å². The van der Waals surface area contributed by atoms with Crippen LogP contribution in [0.25, 0.3) is 0 Å². The fraction of sp³-hybridized carbons (Fsp3) is 0.882. The molecule has 2 heteroatoms. The second kappa shape index (κ2) is 9.07. The first-order chi connectivity index (χ1) is 9.03. The van der Waals surface area contributed by atoms with E-state index in [1.807, 2.05) is 0 Å². The van der Waals surface area contributed by atoms with Gasteiger partial charge < -0.3 is 5.32 Å². The molecule has 1 aliphatic rings. The van der Waals surface area contributed by atoms with Crippen molar-refractivity contribution in [1.82, 2.24) is 5.32 Å². The van der Waals surface area contributed by atoms with Crippen LogP contribution >= 0.6 is 11.8 Å². The van der Waals surface area contributed by atoms with Gasteiger partial charge in [0.05, 0.1) is 0 Å². The molecule has 19 heavy (non-hydrogen) atoms. The maximum Gasteiger partial charge on any atom is 0.0371 e. The Morgan fingerprint density at radius 2 is 1.95 bits per heavy atom. The van der Waals surface area contributed by atoms with Crippen molar-refractivity contribution >= 4 is 11.8 Å². The van der Waals surface area contributed by atoms with Crippen molar-refractivity contribution in [3.63, 3.8) is 0 Å². The average Bonchev–Trinajstić information content (AvgIpc) is 2.29. The van der Waals surface area contributed by atoms with Crippen LogP contribution in [-0.4, -0.2) is 23.1 Å². The minimum atomic E-state index is 0.369. The molecule has 1 nitrogen and oxygen atoms in total. The number of thioether (sulfide) groups is 1. The second-order valence-corrected chi connectivity index (χ2v) is 8.51. The van der Waals surface area contributed by atoms with Crippen molar-refractivity contribution in [2.45, 2.75) is 83.4 Å². The highest BCUT2D eigenvalue weighted by Crippen LogP contribution is 2.27. The summed E-state index contributed by atoms with van der Waals surface area (Å²) in [5.74, 6) is 1.22. The molecular weight excluding hydrogens is 250 g/mol.